The quantitative estimate of drug-likeness (QED) is 0.126. The summed E-state index contributed by atoms with van der Waals surface area (Å²) < 4.78 is 16.1. The zero-order valence-corrected chi connectivity index (χ0v) is 21.4. The number of pyridine rings is 2. The Morgan fingerprint density at radius 1 is 0.576 bits per heavy atom. The smallest absolute Gasteiger partial charge is 0.174 e. The van der Waals surface area contributed by atoms with Gasteiger partial charge in [0.15, 0.2) is 24.8 Å². The maximum absolute atomic E-state index is 5.77. The first kappa shape index (κ1) is 27.5. The van der Waals surface area contributed by atoms with Gasteiger partial charge in [-0.05, 0) is 25.0 Å². The molecule has 2 heterocycles. The van der Waals surface area contributed by atoms with Gasteiger partial charge >= 0.3 is 0 Å². The number of rotatable bonds is 20. The van der Waals surface area contributed by atoms with Crippen molar-refractivity contribution in [2.75, 3.05) is 6.79 Å². The molecule has 2 rings (SSSR count). The lowest BCUT2D eigenvalue weighted by atomic mass is 10.1. The van der Waals surface area contributed by atoms with Gasteiger partial charge in [-0.25, -0.2) is 9.13 Å². The van der Waals surface area contributed by atoms with Crippen LogP contribution in [0.5, 0.6) is 0 Å². The molecule has 184 valence electrons. The SMILES string of the molecule is CCCCCCCC[n+]1cccc(COCOCc2ccc[n+](CCCCCCCC)c2)c1. The number of ether oxygens (including phenoxy) is 2. The van der Waals surface area contributed by atoms with Crippen LogP contribution in [-0.2, 0) is 35.8 Å². The molecule has 2 aromatic rings. The van der Waals surface area contributed by atoms with Crippen LogP contribution in [-0.4, -0.2) is 6.79 Å². The zero-order valence-electron chi connectivity index (χ0n) is 21.4. The summed E-state index contributed by atoms with van der Waals surface area (Å²) in [5.74, 6) is 0. The molecule has 0 aromatic carbocycles. The van der Waals surface area contributed by atoms with E-state index in [9.17, 15) is 0 Å². The highest BCUT2D eigenvalue weighted by molar-refractivity contribution is 5.04. The molecule has 0 amide bonds. The van der Waals surface area contributed by atoms with Crippen LogP contribution in [0.4, 0.5) is 0 Å². The summed E-state index contributed by atoms with van der Waals surface area (Å²) in [6.45, 7) is 8.20. The van der Waals surface area contributed by atoms with Gasteiger partial charge in [-0.15, -0.1) is 0 Å². The van der Waals surface area contributed by atoms with Crippen molar-refractivity contribution < 1.29 is 18.6 Å². The van der Waals surface area contributed by atoms with Crippen LogP contribution in [0.15, 0.2) is 49.1 Å². The van der Waals surface area contributed by atoms with E-state index in [1.54, 1.807) is 0 Å². The summed E-state index contributed by atoms with van der Waals surface area (Å²) in [4.78, 5) is 0. The lowest BCUT2D eigenvalue weighted by molar-refractivity contribution is -0.698. The second-order valence-corrected chi connectivity index (χ2v) is 9.25. The molecule has 0 unspecified atom stereocenters. The summed E-state index contributed by atoms with van der Waals surface area (Å²) in [6, 6.07) is 8.48. The van der Waals surface area contributed by atoms with E-state index < -0.39 is 0 Å². The molecule has 4 heteroatoms. The van der Waals surface area contributed by atoms with Crippen LogP contribution < -0.4 is 9.13 Å². The van der Waals surface area contributed by atoms with Gasteiger partial charge in [0.2, 0.25) is 0 Å². The number of unbranched alkanes of at least 4 members (excludes halogenated alkanes) is 10. The third kappa shape index (κ3) is 13.5. The normalized spacial score (nSPS) is 11.2. The fraction of sp³-hybridized carbons (Fsp3) is 0.655. The molecule has 4 nitrogen and oxygen atoms in total. The summed E-state index contributed by atoms with van der Waals surface area (Å²) in [5.41, 5.74) is 2.40. The predicted octanol–water partition coefficient (Wildman–Crippen LogP) is 6.67. The average molecular weight is 457 g/mol. The molecule has 0 aliphatic heterocycles. The van der Waals surface area contributed by atoms with Crippen molar-refractivity contribution >= 4 is 0 Å². The highest BCUT2D eigenvalue weighted by Gasteiger charge is 2.05. The Balaban J connectivity index is 1.58. The number of hydrogen-bond acceptors (Lipinski definition) is 2. The molecule has 0 atom stereocenters. The molecule has 33 heavy (non-hydrogen) atoms. The molecule has 0 fully saturated rings. The van der Waals surface area contributed by atoms with Gasteiger partial charge in [-0.2, -0.15) is 0 Å². The van der Waals surface area contributed by atoms with E-state index in [0.29, 0.717) is 20.0 Å². The summed E-state index contributed by atoms with van der Waals surface area (Å²) in [6.07, 6.45) is 24.7. The monoisotopic (exact) mass is 456 g/mol. The molecule has 0 bridgehead atoms. The zero-order chi connectivity index (χ0) is 23.4. The van der Waals surface area contributed by atoms with Crippen molar-refractivity contribution in [3.63, 3.8) is 0 Å². The number of hydrogen-bond donors (Lipinski definition) is 0. The Morgan fingerprint density at radius 2 is 1.00 bits per heavy atom. The predicted molar refractivity (Wildman–Crippen MR) is 134 cm³/mol. The molecule has 0 aliphatic carbocycles. The minimum atomic E-state index is 0.318. The highest BCUT2D eigenvalue weighted by atomic mass is 16.7. The van der Waals surface area contributed by atoms with Crippen LogP contribution in [0.1, 0.15) is 102 Å². The molecule has 2 aromatic heterocycles. The summed E-state index contributed by atoms with van der Waals surface area (Å²) in [5, 5.41) is 0. The number of nitrogens with zero attached hydrogens (tertiary/aromatic N) is 2. The van der Waals surface area contributed by atoms with Crippen molar-refractivity contribution in [2.45, 2.75) is 117 Å². The van der Waals surface area contributed by atoms with Crippen LogP contribution in [0, 0.1) is 0 Å². The summed E-state index contributed by atoms with van der Waals surface area (Å²) >= 11 is 0. The first-order valence-corrected chi connectivity index (χ1v) is 13.4. The third-order valence-electron chi connectivity index (χ3n) is 6.08. The van der Waals surface area contributed by atoms with Crippen LogP contribution in [0.25, 0.3) is 0 Å². The second-order valence-electron chi connectivity index (χ2n) is 9.25. The molecule has 0 saturated heterocycles. The first-order valence-electron chi connectivity index (χ1n) is 13.4. The van der Waals surface area contributed by atoms with E-state index in [2.05, 4.69) is 72.0 Å². The number of aryl methyl sites for hydroxylation is 2. The fourth-order valence-corrected chi connectivity index (χ4v) is 4.13. The maximum Gasteiger partial charge on any atom is 0.174 e. The maximum atomic E-state index is 5.77. The molecular weight excluding hydrogens is 408 g/mol. The van der Waals surface area contributed by atoms with Crippen molar-refractivity contribution in [3.05, 3.63) is 60.2 Å². The summed E-state index contributed by atoms with van der Waals surface area (Å²) in [7, 11) is 0. The van der Waals surface area contributed by atoms with E-state index in [1.165, 1.54) is 88.2 Å². The molecular formula is C29H48N2O2+2. The van der Waals surface area contributed by atoms with Crippen molar-refractivity contribution in [2.24, 2.45) is 0 Å². The fourth-order valence-electron chi connectivity index (χ4n) is 4.13. The Labute approximate surface area is 203 Å². The van der Waals surface area contributed by atoms with Crippen LogP contribution >= 0.6 is 0 Å². The lowest BCUT2D eigenvalue weighted by Gasteiger charge is -2.06. The molecule has 0 saturated carbocycles. The standard InChI is InChI=1S/C29H48N2O2/c1-3-5-7-9-11-13-19-30-21-15-17-28(23-30)25-32-27-33-26-29-18-16-22-31(24-29)20-14-12-10-8-6-4-2/h15-18,21-24H,3-14,19-20,25-27H2,1-2H3/q+2. The van der Waals surface area contributed by atoms with Gasteiger partial charge < -0.3 is 9.47 Å². The Kier molecular flexibility index (Phi) is 15.5. The van der Waals surface area contributed by atoms with Crippen molar-refractivity contribution in [1.82, 2.24) is 0 Å². The third-order valence-corrected chi connectivity index (χ3v) is 6.08. The van der Waals surface area contributed by atoms with Crippen LogP contribution in [0.3, 0.4) is 0 Å². The van der Waals surface area contributed by atoms with Gasteiger partial charge in [0.25, 0.3) is 0 Å². The minimum Gasteiger partial charge on any atom is -0.350 e. The van der Waals surface area contributed by atoms with Crippen LogP contribution in [0.2, 0.25) is 0 Å². The van der Waals surface area contributed by atoms with Gasteiger partial charge in [-0.1, -0.05) is 65.2 Å². The van der Waals surface area contributed by atoms with Crippen molar-refractivity contribution in [3.8, 4) is 0 Å². The van der Waals surface area contributed by atoms with Gasteiger partial charge in [0, 0.05) is 36.1 Å². The minimum absolute atomic E-state index is 0.318. The molecule has 0 N–H and O–H groups in total. The van der Waals surface area contributed by atoms with Gasteiger partial charge in [-0.3, -0.25) is 0 Å². The van der Waals surface area contributed by atoms with E-state index >= 15 is 0 Å². The average Bonchev–Trinajstić information content (AvgIpc) is 2.84. The van der Waals surface area contributed by atoms with E-state index in [4.69, 9.17) is 9.47 Å². The van der Waals surface area contributed by atoms with E-state index in [1.807, 2.05) is 0 Å². The van der Waals surface area contributed by atoms with E-state index in [0.717, 1.165) is 13.1 Å². The second kappa shape index (κ2) is 18.6. The molecule has 0 aliphatic rings. The van der Waals surface area contributed by atoms with Gasteiger partial charge in [0.05, 0.1) is 13.2 Å². The van der Waals surface area contributed by atoms with Crippen molar-refractivity contribution in [1.29, 1.82) is 0 Å². The Hall–Kier alpha value is -1.78. The number of aromatic nitrogens is 2. The molecule has 0 radical (unpaired) electrons. The molecule has 0 spiro atoms. The lowest BCUT2D eigenvalue weighted by Crippen LogP contribution is -2.33. The largest absolute Gasteiger partial charge is 0.350 e. The highest BCUT2D eigenvalue weighted by Crippen LogP contribution is 2.06. The van der Waals surface area contributed by atoms with Gasteiger partial charge in [0.1, 0.15) is 19.9 Å². The Morgan fingerprint density at radius 3 is 1.45 bits per heavy atom. The Bertz CT molecular complexity index is 674. The van der Waals surface area contributed by atoms with E-state index in [-0.39, 0.29) is 0 Å². The topological polar surface area (TPSA) is 26.2 Å². The first-order chi connectivity index (χ1) is 16.3.